The monoisotopic (exact) mass is 520 g/mol. The molecule has 11 heteroatoms. The van der Waals surface area contributed by atoms with E-state index in [0.29, 0.717) is 12.4 Å². The molecule has 0 aliphatic carbocycles. The van der Waals surface area contributed by atoms with E-state index in [2.05, 4.69) is 0 Å². The number of nitrogens with zero attached hydrogens (tertiary/aromatic N) is 2. The number of hydrogen-bond donors (Lipinski definition) is 0. The summed E-state index contributed by atoms with van der Waals surface area (Å²) in [6.45, 7) is 0.297. The minimum Gasteiger partial charge on any atom is -0.489 e. The SMILES string of the molecule is Cn1c(C(F)(F)F)cc(=O)n(-c2cc(Oc3cccc(OCc4ccccc4)c3)c(Cl)cc2F)c1=O. The van der Waals surface area contributed by atoms with Crippen molar-refractivity contribution in [1.29, 1.82) is 0 Å². The van der Waals surface area contributed by atoms with Crippen molar-refractivity contribution in [1.82, 2.24) is 9.13 Å². The van der Waals surface area contributed by atoms with Gasteiger partial charge in [-0.1, -0.05) is 48.0 Å². The standard InChI is InChI=1S/C25H17ClF4N2O4/c1-31-22(25(28,29)30)13-23(33)32(24(31)34)20-12-21(18(26)11-19(20)27)36-17-9-5-8-16(10-17)35-14-15-6-3-2-4-7-15/h2-13H,14H2,1H3. The average molecular weight is 521 g/mol. The van der Waals surface area contributed by atoms with Gasteiger partial charge in [0.2, 0.25) is 0 Å². The Morgan fingerprint density at radius 2 is 1.61 bits per heavy atom. The number of rotatable bonds is 6. The van der Waals surface area contributed by atoms with E-state index in [4.69, 9.17) is 21.1 Å². The summed E-state index contributed by atoms with van der Waals surface area (Å²) in [5, 5.41) is -0.191. The van der Waals surface area contributed by atoms with Crippen LogP contribution in [0, 0.1) is 5.82 Å². The highest BCUT2D eigenvalue weighted by Crippen LogP contribution is 2.34. The van der Waals surface area contributed by atoms with Crippen molar-refractivity contribution < 1.29 is 27.0 Å². The van der Waals surface area contributed by atoms with Crippen molar-refractivity contribution in [2.75, 3.05) is 0 Å². The third kappa shape index (κ3) is 5.28. The van der Waals surface area contributed by atoms with E-state index in [1.807, 2.05) is 30.3 Å². The Balaban J connectivity index is 1.67. The molecule has 0 aliphatic heterocycles. The molecule has 0 atom stereocenters. The molecule has 3 aromatic carbocycles. The molecule has 0 N–H and O–H groups in total. The zero-order valence-electron chi connectivity index (χ0n) is 18.6. The fraction of sp³-hybridized carbons (Fsp3) is 0.120. The highest BCUT2D eigenvalue weighted by atomic mass is 35.5. The molecule has 4 rings (SSSR count). The first-order valence-electron chi connectivity index (χ1n) is 10.4. The molecular weight excluding hydrogens is 504 g/mol. The maximum Gasteiger partial charge on any atom is 0.431 e. The topological polar surface area (TPSA) is 62.5 Å². The molecule has 0 saturated heterocycles. The van der Waals surface area contributed by atoms with Crippen LogP contribution in [0.15, 0.2) is 82.4 Å². The predicted octanol–water partition coefficient (Wildman–Crippen LogP) is 5.72. The van der Waals surface area contributed by atoms with Crippen LogP contribution >= 0.6 is 11.6 Å². The van der Waals surface area contributed by atoms with Crippen molar-refractivity contribution in [3.05, 3.63) is 116 Å². The lowest BCUT2D eigenvalue weighted by Crippen LogP contribution is -2.41. The van der Waals surface area contributed by atoms with Gasteiger partial charge < -0.3 is 9.47 Å². The lowest BCUT2D eigenvalue weighted by Gasteiger charge is -2.16. The molecule has 0 bridgehead atoms. The van der Waals surface area contributed by atoms with Gasteiger partial charge in [-0.15, -0.1) is 0 Å². The second kappa shape index (κ2) is 9.90. The highest BCUT2D eigenvalue weighted by Gasteiger charge is 2.35. The van der Waals surface area contributed by atoms with Crippen LogP contribution in [-0.2, 0) is 19.8 Å². The van der Waals surface area contributed by atoms with Gasteiger partial charge >= 0.3 is 11.9 Å². The lowest BCUT2D eigenvalue weighted by molar-refractivity contribution is -0.144. The van der Waals surface area contributed by atoms with Crippen molar-refractivity contribution >= 4 is 11.6 Å². The average Bonchev–Trinajstić information content (AvgIpc) is 2.83. The molecule has 1 aromatic heterocycles. The van der Waals surface area contributed by atoms with Crippen molar-refractivity contribution in [3.8, 4) is 22.9 Å². The van der Waals surface area contributed by atoms with Crippen LogP contribution in [0.4, 0.5) is 17.6 Å². The Morgan fingerprint density at radius 3 is 2.31 bits per heavy atom. The first-order chi connectivity index (χ1) is 17.0. The molecule has 0 unspecified atom stereocenters. The summed E-state index contributed by atoms with van der Waals surface area (Å²) in [5.41, 5.74) is -3.90. The molecule has 0 aliphatic rings. The van der Waals surface area contributed by atoms with E-state index in [-0.39, 0.29) is 31.7 Å². The van der Waals surface area contributed by atoms with Gasteiger partial charge in [-0.2, -0.15) is 13.2 Å². The van der Waals surface area contributed by atoms with E-state index in [1.165, 1.54) is 0 Å². The van der Waals surface area contributed by atoms with E-state index in [1.54, 1.807) is 24.3 Å². The summed E-state index contributed by atoms with van der Waals surface area (Å²) >= 11 is 6.10. The van der Waals surface area contributed by atoms with Gasteiger partial charge in [0.25, 0.3) is 5.56 Å². The molecule has 0 amide bonds. The Kier molecular flexibility index (Phi) is 6.89. The van der Waals surface area contributed by atoms with Crippen LogP contribution in [0.25, 0.3) is 5.69 Å². The van der Waals surface area contributed by atoms with Gasteiger partial charge in [-0.3, -0.25) is 9.36 Å². The number of halogens is 5. The maximum atomic E-state index is 14.7. The van der Waals surface area contributed by atoms with Crippen molar-refractivity contribution in [2.45, 2.75) is 12.8 Å². The minimum absolute atomic E-state index is 0.137. The summed E-state index contributed by atoms with van der Waals surface area (Å²) in [4.78, 5) is 25.0. The number of ether oxygens (including phenoxy) is 2. The van der Waals surface area contributed by atoms with Gasteiger partial charge in [0.05, 0.1) is 10.7 Å². The number of benzene rings is 3. The minimum atomic E-state index is -4.95. The summed E-state index contributed by atoms with van der Waals surface area (Å²) in [5.74, 6) is -0.538. The van der Waals surface area contributed by atoms with Crippen LogP contribution in [0.5, 0.6) is 17.2 Å². The van der Waals surface area contributed by atoms with Crippen LogP contribution in [0.3, 0.4) is 0 Å². The fourth-order valence-electron chi connectivity index (χ4n) is 3.38. The number of hydrogen-bond acceptors (Lipinski definition) is 4. The van der Waals surface area contributed by atoms with Crippen molar-refractivity contribution in [3.63, 3.8) is 0 Å². The second-order valence-corrected chi connectivity index (χ2v) is 8.04. The summed E-state index contributed by atoms with van der Waals surface area (Å²) in [6.07, 6.45) is -4.95. The van der Waals surface area contributed by atoms with E-state index in [0.717, 1.165) is 24.7 Å². The molecule has 0 fully saturated rings. The number of aromatic nitrogens is 2. The lowest BCUT2D eigenvalue weighted by atomic mass is 10.2. The van der Waals surface area contributed by atoms with Gasteiger partial charge in [0.1, 0.15) is 35.4 Å². The fourth-order valence-corrected chi connectivity index (χ4v) is 3.57. The maximum absolute atomic E-state index is 14.7. The van der Waals surface area contributed by atoms with Gasteiger partial charge in [0.15, 0.2) is 0 Å². The zero-order valence-corrected chi connectivity index (χ0v) is 19.3. The van der Waals surface area contributed by atoms with Crippen LogP contribution in [0.1, 0.15) is 11.3 Å². The quantitative estimate of drug-likeness (QED) is 0.305. The van der Waals surface area contributed by atoms with Crippen LogP contribution in [-0.4, -0.2) is 9.13 Å². The highest BCUT2D eigenvalue weighted by molar-refractivity contribution is 6.32. The molecule has 1 heterocycles. The van der Waals surface area contributed by atoms with Crippen LogP contribution < -0.4 is 20.7 Å². The van der Waals surface area contributed by atoms with E-state index < -0.39 is 34.6 Å². The van der Waals surface area contributed by atoms with Crippen LogP contribution in [0.2, 0.25) is 5.02 Å². The number of alkyl halides is 3. The Labute approximate surface area is 206 Å². The molecule has 6 nitrogen and oxygen atoms in total. The molecule has 4 aromatic rings. The molecule has 186 valence electrons. The van der Waals surface area contributed by atoms with E-state index in [9.17, 15) is 27.2 Å². The second-order valence-electron chi connectivity index (χ2n) is 7.63. The first kappa shape index (κ1) is 25.1. The zero-order chi connectivity index (χ0) is 26.0. The Hall–Kier alpha value is -4.05. The summed E-state index contributed by atoms with van der Waals surface area (Å²) in [7, 11) is 0.827. The predicted molar refractivity (Wildman–Crippen MR) is 125 cm³/mol. The first-order valence-corrected chi connectivity index (χ1v) is 10.8. The largest absolute Gasteiger partial charge is 0.489 e. The third-order valence-electron chi connectivity index (χ3n) is 5.13. The Morgan fingerprint density at radius 1 is 0.917 bits per heavy atom. The molecule has 0 spiro atoms. The normalized spacial score (nSPS) is 11.4. The molecule has 0 saturated carbocycles. The van der Waals surface area contributed by atoms with Crippen molar-refractivity contribution in [2.24, 2.45) is 7.05 Å². The Bertz CT molecular complexity index is 1530. The third-order valence-corrected chi connectivity index (χ3v) is 5.43. The van der Waals surface area contributed by atoms with Gasteiger partial charge in [0, 0.05) is 25.2 Å². The summed E-state index contributed by atoms with van der Waals surface area (Å²) < 4.78 is 66.1. The van der Waals surface area contributed by atoms with Gasteiger partial charge in [-0.25, -0.2) is 13.8 Å². The van der Waals surface area contributed by atoms with E-state index >= 15 is 0 Å². The van der Waals surface area contributed by atoms with Gasteiger partial charge in [-0.05, 0) is 23.8 Å². The molecular formula is C25H17ClF4N2O4. The molecule has 36 heavy (non-hydrogen) atoms. The summed E-state index contributed by atoms with van der Waals surface area (Å²) in [6, 6.07) is 17.9. The molecule has 0 radical (unpaired) electrons. The smallest absolute Gasteiger partial charge is 0.431 e.